The highest BCUT2D eigenvalue weighted by molar-refractivity contribution is 8.22. The molecule has 0 fully saturated rings. The van der Waals surface area contributed by atoms with Crippen LogP contribution in [-0.4, -0.2) is 50.8 Å². The van der Waals surface area contributed by atoms with Gasteiger partial charge in [-0.05, 0) is 80.1 Å². The minimum Gasteiger partial charge on any atom is -0.324 e. The van der Waals surface area contributed by atoms with Crippen LogP contribution in [0, 0.1) is 25.2 Å². The summed E-state index contributed by atoms with van der Waals surface area (Å²) in [7, 11) is -3.82. The van der Waals surface area contributed by atoms with Crippen LogP contribution in [0.1, 0.15) is 77.9 Å². The number of halogens is 3. The third kappa shape index (κ3) is 7.01. The maximum atomic E-state index is 14.1. The first-order chi connectivity index (χ1) is 24.1. The molecule has 3 aromatic heterocycles. The number of hydrogen-bond acceptors (Lipinski definition) is 9. The number of fused-ring (bicyclic) bond motifs is 2. The van der Waals surface area contributed by atoms with Gasteiger partial charge in [-0.15, -0.1) is 27.2 Å². The Labute approximate surface area is 300 Å². The third-order valence-corrected chi connectivity index (χ3v) is 12.9. The number of hydrogen-bond donors (Lipinski definition) is 3. The second-order valence-corrected chi connectivity index (χ2v) is 16.8. The summed E-state index contributed by atoms with van der Waals surface area (Å²) in [6.07, 6.45) is -0.316. The fourth-order valence-corrected chi connectivity index (χ4v) is 9.82. The molecule has 2 atom stereocenters. The molecule has 2 aromatic carbocycles. The lowest BCUT2D eigenvalue weighted by molar-refractivity contribution is -0.137. The first-order valence-electron chi connectivity index (χ1n) is 16.8. The molecular weight excluding hydrogens is 700 g/mol. The van der Waals surface area contributed by atoms with Crippen LogP contribution in [0.15, 0.2) is 59.8 Å². The Hall–Kier alpha value is -3.89. The van der Waals surface area contributed by atoms with Crippen molar-refractivity contribution in [1.82, 2.24) is 29.3 Å². The zero-order valence-corrected chi connectivity index (χ0v) is 31.0. The molecule has 5 aromatic rings. The van der Waals surface area contributed by atoms with Crippen molar-refractivity contribution in [1.29, 1.82) is 0 Å². The molecule has 6 rings (SSSR count). The van der Waals surface area contributed by atoms with E-state index >= 15 is 0 Å². The first-order valence-corrected chi connectivity index (χ1v) is 19.1. The summed E-state index contributed by atoms with van der Waals surface area (Å²) in [6.45, 7) is 12.4. The third-order valence-electron chi connectivity index (χ3n) is 9.90. The van der Waals surface area contributed by atoms with Gasteiger partial charge in [-0.2, -0.15) is 17.5 Å². The number of aryl methyl sites for hydroxylation is 3. The number of aromatic nitrogens is 5. The van der Waals surface area contributed by atoms with E-state index in [1.165, 1.54) is 21.7 Å². The Kier molecular flexibility index (Phi) is 10.1. The van der Waals surface area contributed by atoms with Gasteiger partial charge in [-0.1, -0.05) is 44.5 Å². The van der Waals surface area contributed by atoms with Gasteiger partial charge in [0.2, 0.25) is 5.91 Å². The van der Waals surface area contributed by atoms with Crippen LogP contribution in [-0.2, 0) is 30.5 Å². The summed E-state index contributed by atoms with van der Waals surface area (Å²) in [6, 6.07) is 10.7. The number of pyridine rings is 1. The smallest absolute Gasteiger partial charge is 0.324 e. The monoisotopic (exact) mass is 741 g/mol. The Morgan fingerprint density at radius 2 is 1.90 bits per heavy atom. The van der Waals surface area contributed by atoms with Crippen LogP contribution in [0.3, 0.4) is 0 Å². The summed E-state index contributed by atoms with van der Waals surface area (Å²) in [5.41, 5.74) is 2.91. The topological polar surface area (TPSA) is 129 Å². The van der Waals surface area contributed by atoms with E-state index in [4.69, 9.17) is 4.98 Å². The second kappa shape index (κ2) is 13.9. The first kappa shape index (κ1) is 36.9. The molecule has 4 heterocycles. The number of carbonyl (C=O) groups is 1. The highest BCUT2D eigenvalue weighted by Crippen LogP contribution is 2.57. The van der Waals surface area contributed by atoms with E-state index in [1.807, 2.05) is 58.4 Å². The minimum absolute atomic E-state index is 0.00523. The number of nitrogens with one attached hydrogen (secondary N) is 1. The summed E-state index contributed by atoms with van der Waals surface area (Å²) < 4.78 is 68.0. The fraction of sp³-hybridized carbons (Fsp3) is 0.417. The zero-order chi connectivity index (χ0) is 36.9. The van der Waals surface area contributed by atoms with Gasteiger partial charge in [0.15, 0.2) is 0 Å². The molecule has 272 valence electrons. The summed E-state index contributed by atoms with van der Waals surface area (Å²) in [5, 5.41) is 12.4. The van der Waals surface area contributed by atoms with E-state index in [0.717, 1.165) is 39.2 Å². The number of nitrogens with zero attached hydrogens (tertiary/aromatic N) is 6. The van der Waals surface area contributed by atoms with Crippen molar-refractivity contribution < 1.29 is 27.1 Å². The fourth-order valence-electron chi connectivity index (χ4n) is 6.80. The lowest BCUT2D eigenvalue weighted by Gasteiger charge is -2.43. The number of alkyl halides is 3. The Bertz CT molecular complexity index is 2060. The van der Waals surface area contributed by atoms with Crippen LogP contribution in [0.25, 0.3) is 11.0 Å². The van der Waals surface area contributed by atoms with Crippen LogP contribution in [0.4, 0.5) is 18.9 Å². The van der Waals surface area contributed by atoms with Crippen molar-refractivity contribution in [3.63, 3.8) is 0 Å². The van der Waals surface area contributed by atoms with Crippen LogP contribution in [0.5, 0.6) is 0 Å². The summed E-state index contributed by atoms with van der Waals surface area (Å²) in [4.78, 5) is 24.0. The van der Waals surface area contributed by atoms with Gasteiger partial charge < -0.3 is 5.32 Å². The molecule has 15 heteroatoms. The number of rotatable bonds is 9. The number of anilines is 1. The van der Waals surface area contributed by atoms with Crippen molar-refractivity contribution >= 4 is 44.7 Å². The normalized spacial score (nSPS) is 17.9. The van der Waals surface area contributed by atoms with Crippen molar-refractivity contribution in [3.8, 4) is 0 Å². The molecule has 0 radical (unpaired) electrons. The molecule has 0 saturated heterocycles. The molecule has 0 bridgehead atoms. The van der Waals surface area contributed by atoms with Gasteiger partial charge in [0.05, 0.1) is 51.4 Å². The Morgan fingerprint density at radius 3 is 2.57 bits per heavy atom. The number of carbonyl (C=O) groups excluding carboxylic acids is 1. The molecule has 0 unspecified atom stereocenters. The van der Waals surface area contributed by atoms with Crippen molar-refractivity contribution in [2.45, 2.75) is 84.5 Å². The van der Waals surface area contributed by atoms with Gasteiger partial charge in [0, 0.05) is 24.2 Å². The van der Waals surface area contributed by atoms with Gasteiger partial charge in [0.25, 0.3) is 0 Å². The molecule has 1 amide bonds. The quantitative estimate of drug-likeness (QED) is 0.137. The van der Waals surface area contributed by atoms with Crippen LogP contribution >= 0.6 is 22.1 Å². The SMILES string of the molecule is CC[C@H]1Cc2ccc(C(F)(F)F)cc2S(O)(O)N(Cc2nc([C@@H](c3ccc4c(nnn4CC)c3C)C(C)(C)C(=O)Nc3cccnc3)sc2C)C1. The van der Waals surface area contributed by atoms with E-state index in [-0.39, 0.29) is 29.8 Å². The zero-order valence-electron chi connectivity index (χ0n) is 29.3. The molecule has 51 heavy (non-hydrogen) atoms. The highest BCUT2D eigenvalue weighted by atomic mass is 32.3. The predicted octanol–water partition coefficient (Wildman–Crippen LogP) is 8.84. The van der Waals surface area contributed by atoms with Crippen molar-refractivity contribution in [2.75, 3.05) is 11.9 Å². The maximum Gasteiger partial charge on any atom is 0.416 e. The van der Waals surface area contributed by atoms with E-state index in [1.54, 1.807) is 24.5 Å². The lowest BCUT2D eigenvalue weighted by Crippen LogP contribution is -2.37. The minimum atomic E-state index is -4.64. The standard InChI is InChI=1S/C36H42F3N7O3S2/c1-7-23-16-24-11-12-25(36(37,38)39)17-30(24)51(48,49)45(19-23)20-28-22(4)50-33(42-28)31(35(5,6)34(47)41-26-10-9-15-40-18-26)27-13-14-29-32(21(27)3)43-44-46(29)8-2/h9-15,17-18,23,31,48-49H,7-8,16,19-20H2,1-6H3,(H,41,47)/t23-,31+/m0/s1. The Morgan fingerprint density at radius 1 is 1.14 bits per heavy atom. The van der Waals surface area contributed by atoms with Crippen molar-refractivity contribution in [2.24, 2.45) is 11.3 Å². The predicted molar refractivity (Wildman–Crippen MR) is 194 cm³/mol. The maximum absolute atomic E-state index is 14.1. The van der Waals surface area contributed by atoms with E-state index in [2.05, 4.69) is 20.6 Å². The molecule has 3 N–H and O–H groups in total. The van der Waals surface area contributed by atoms with Crippen molar-refractivity contribution in [3.05, 3.63) is 92.7 Å². The average Bonchev–Trinajstić information content (AvgIpc) is 3.65. The number of amides is 1. The van der Waals surface area contributed by atoms with Gasteiger partial charge in [0.1, 0.15) is 10.5 Å². The molecule has 0 spiro atoms. The van der Waals surface area contributed by atoms with Gasteiger partial charge in [-0.3, -0.25) is 18.9 Å². The second-order valence-electron chi connectivity index (χ2n) is 13.6. The molecule has 0 saturated carbocycles. The largest absolute Gasteiger partial charge is 0.416 e. The summed E-state index contributed by atoms with van der Waals surface area (Å²) in [5.74, 6) is -0.844. The average molecular weight is 742 g/mol. The molecule has 1 aliphatic rings. The summed E-state index contributed by atoms with van der Waals surface area (Å²) >= 11 is 1.41. The van der Waals surface area contributed by atoms with E-state index < -0.39 is 33.8 Å². The van der Waals surface area contributed by atoms with Crippen LogP contribution in [0.2, 0.25) is 0 Å². The van der Waals surface area contributed by atoms with Gasteiger partial charge in [-0.25, -0.2) is 9.67 Å². The Balaban J connectivity index is 1.43. The van der Waals surface area contributed by atoms with E-state index in [9.17, 15) is 27.1 Å². The molecule has 0 aliphatic carbocycles. The number of thiazole rings is 1. The van der Waals surface area contributed by atoms with Crippen LogP contribution < -0.4 is 5.32 Å². The molecule has 10 nitrogen and oxygen atoms in total. The number of benzene rings is 2. The highest BCUT2D eigenvalue weighted by Gasteiger charge is 2.43. The lowest BCUT2D eigenvalue weighted by atomic mass is 9.73. The molecular formula is C36H42F3N7O3S2. The van der Waals surface area contributed by atoms with E-state index in [0.29, 0.717) is 41.3 Å². The van der Waals surface area contributed by atoms with Gasteiger partial charge >= 0.3 is 6.18 Å². The molecule has 1 aliphatic heterocycles.